The summed E-state index contributed by atoms with van der Waals surface area (Å²) in [5, 5.41) is 12.3. The predicted octanol–water partition coefficient (Wildman–Crippen LogP) is 2.02. The fourth-order valence-electron chi connectivity index (χ4n) is 3.21. The number of ether oxygens (including phenoxy) is 1. The molecule has 125 valence electrons. The van der Waals surface area contributed by atoms with Crippen molar-refractivity contribution in [1.82, 2.24) is 10.2 Å². The monoisotopic (exact) mass is 324 g/mol. The van der Waals surface area contributed by atoms with Crippen LogP contribution in [0.3, 0.4) is 0 Å². The molecule has 0 atom stereocenters. The van der Waals surface area contributed by atoms with Crippen molar-refractivity contribution in [2.75, 3.05) is 32.8 Å². The maximum Gasteiger partial charge on any atom is 0.224 e. The van der Waals surface area contributed by atoms with E-state index in [1.165, 1.54) is 5.57 Å². The maximum absolute atomic E-state index is 12.4. The Kier molecular flexibility index (Phi) is 5.29. The van der Waals surface area contributed by atoms with E-state index in [2.05, 4.69) is 17.5 Å². The fourth-order valence-corrected chi connectivity index (χ4v) is 3.21. The van der Waals surface area contributed by atoms with Crippen molar-refractivity contribution in [3.63, 3.8) is 0 Å². The summed E-state index contributed by atoms with van der Waals surface area (Å²) in [7, 11) is 0. The fraction of sp³-hybridized carbons (Fsp3) is 0.421. The molecule has 0 unspecified atom stereocenters. The van der Waals surface area contributed by atoms with Gasteiger partial charge in [0, 0.05) is 26.1 Å². The van der Waals surface area contributed by atoms with Crippen LogP contribution < -0.4 is 5.32 Å². The lowest BCUT2D eigenvalue weighted by Crippen LogP contribution is -2.42. The smallest absolute Gasteiger partial charge is 0.224 e. The summed E-state index contributed by atoms with van der Waals surface area (Å²) in [5.41, 5.74) is 4.16. The number of hydrogen-bond donors (Lipinski definition) is 1. The van der Waals surface area contributed by atoms with Gasteiger partial charge in [0.05, 0.1) is 30.9 Å². The molecule has 0 saturated carbocycles. The van der Waals surface area contributed by atoms with Crippen LogP contribution in [0, 0.1) is 24.3 Å². The first-order chi connectivity index (χ1) is 11.7. The Morgan fingerprint density at radius 3 is 2.88 bits per heavy atom. The highest BCUT2D eigenvalue weighted by atomic mass is 16.5. The molecule has 1 aromatic rings. The zero-order valence-corrected chi connectivity index (χ0v) is 14.0. The second-order valence-electron chi connectivity index (χ2n) is 6.20. The van der Waals surface area contributed by atoms with Crippen molar-refractivity contribution < 1.29 is 9.53 Å². The average molecular weight is 324 g/mol. The van der Waals surface area contributed by atoms with Gasteiger partial charge in [0.1, 0.15) is 0 Å². The third kappa shape index (κ3) is 3.84. The van der Waals surface area contributed by atoms with E-state index in [1.54, 1.807) is 0 Å². The van der Waals surface area contributed by atoms with Gasteiger partial charge in [-0.15, -0.1) is 0 Å². The summed E-state index contributed by atoms with van der Waals surface area (Å²) in [6.45, 7) is 5.39. The number of rotatable bonds is 3. The highest BCUT2D eigenvalue weighted by Gasteiger charge is 2.24. The van der Waals surface area contributed by atoms with Gasteiger partial charge >= 0.3 is 0 Å². The molecule has 2 heterocycles. The van der Waals surface area contributed by atoms with Gasteiger partial charge in [-0.2, -0.15) is 5.26 Å². The molecule has 2 aliphatic rings. The normalized spacial score (nSPS) is 18.8. The molecule has 3 rings (SSSR count). The Labute approximate surface area is 142 Å². The van der Waals surface area contributed by atoms with Gasteiger partial charge < -0.3 is 15.0 Å². The topological polar surface area (TPSA) is 65.4 Å². The number of carbonyl (C=O) groups is 1. The van der Waals surface area contributed by atoms with Crippen LogP contribution in [0.1, 0.15) is 29.5 Å². The van der Waals surface area contributed by atoms with Gasteiger partial charge in [-0.05, 0) is 42.2 Å². The van der Waals surface area contributed by atoms with E-state index in [9.17, 15) is 4.79 Å². The van der Waals surface area contributed by atoms with Gasteiger partial charge in [0.25, 0.3) is 0 Å². The highest BCUT2D eigenvalue weighted by Crippen LogP contribution is 2.30. The van der Waals surface area contributed by atoms with Crippen molar-refractivity contribution in [2.45, 2.75) is 19.8 Å². The van der Waals surface area contributed by atoms with Gasteiger partial charge in [0.15, 0.2) is 0 Å². The molecule has 1 amide bonds. The van der Waals surface area contributed by atoms with E-state index in [4.69, 9.17) is 10.00 Å². The van der Waals surface area contributed by atoms with Crippen molar-refractivity contribution in [3.05, 3.63) is 47.0 Å². The molecule has 1 saturated heterocycles. The number of morpholine rings is 1. The minimum absolute atomic E-state index is 0.165. The number of aryl methyl sites for hydroxylation is 1. The Morgan fingerprint density at radius 1 is 1.38 bits per heavy atom. The molecular formula is C19H22N3O2. The number of nitriles is 1. The lowest BCUT2D eigenvalue weighted by molar-refractivity contribution is -0.135. The summed E-state index contributed by atoms with van der Waals surface area (Å²) in [4.78, 5) is 14.3. The molecule has 1 radical (unpaired) electrons. The molecular weight excluding hydrogens is 302 g/mol. The van der Waals surface area contributed by atoms with Gasteiger partial charge in [-0.1, -0.05) is 12.1 Å². The van der Waals surface area contributed by atoms with Gasteiger partial charge in [-0.25, -0.2) is 0 Å². The van der Waals surface area contributed by atoms with Crippen molar-refractivity contribution in [2.24, 2.45) is 0 Å². The zero-order chi connectivity index (χ0) is 16.9. The lowest BCUT2D eigenvalue weighted by atomic mass is 9.90. The van der Waals surface area contributed by atoms with Gasteiger partial charge in [-0.3, -0.25) is 4.79 Å². The molecule has 1 aromatic carbocycles. The second kappa shape index (κ2) is 7.61. The molecule has 0 aromatic heterocycles. The second-order valence-corrected chi connectivity index (χ2v) is 6.20. The van der Waals surface area contributed by atoms with E-state index < -0.39 is 0 Å². The summed E-state index contributed by atoms with van der Waals surface area (Å²) in [6, 6.07) is 9.01. The Bertz CT molecular complexity index is 684. The zero-order valence-electron chi connectivity index (χ0n) is 14.0. The van der Waals surface area contributed by atoms with Crippen molar-refractivity contribution >= 4 is 11.5 Å². The summed E-state index contributed by atoms with van der Waals surface area (Å²) < 4.78 is 5.30. The first kappa shape index (κ1) is 16.7. The molecule has 5 heteroatoms. The molecule has 5 nitrogen and oxygen atoms in total. The number of hydrogen-bond acceptors (Lipinski definition) is 4. The van der Waals surface area contributed by atoms with Crippen molar-refractivity contribution in [1.29, 1.82) is 5.26 Å². The van der Waals surface area contributed by atoms with Crippen LogP contribution in [0.25, 0.3) is 5.57 Å². The summed E-state index contributed by atoms with van der Waals surface area (Å²) in [5.74, 6) is 0.165. The Hall–Kier alpha value is -2.16. The molecule has 24 heavy (non-hydrogen) atoms. The van der Waals surface area contributed by atoms with Crippen LogP contribution in [-0.4, -0.2) is 43.7 Å². The van der Waals surface area contributed by atoms with E-state index >= 15 is 0 Å². The number of carbonyl (C=O) groups excluding carboxylic acids is 1. The first-order valence-corrected chi connectivity index (χ1v) is 8.31. The number of nitrogens with one attached hydrogen (secondary N) is 1. The van der Waals surface area contributed by atoms with Gasteiger partial charge in [0.2, 0.25) is 5.91 Å². The largest absolute Gasteiger partial charge is 0.378 e. The Balaban J connectivity index is 1.65. The Morgan fingerprint density at radius 2 is 2.17 bits per heavy atom. The lowest BCUT2D eigenvalue weighted by Gasteiger charge is -2.30. The minimum Gasteiger partial charge on any atom is -0.378 e. The summed E-state index contributed by atoms with van der Waals surface area (Å²) >= 11 is 0. The third-order valence-electron chi connectivity index (χ3n) is 4.53. The first-order valence-electron chi connectivity index (χ1n) is 8.31. The quantitative estimate of drug-likeness (QED) is 0.924. The van der Waals surface area contributed by atoms with E-state index in [0.717, 1.165) is 30.1 Å². The van der Waals surface area contributed by atoms with E-state index in [-0.39, 0.29) is 5.91 Å². The van der Waals surface area contributed by atoms with E-state index in [1.807, 2.05) is 30.0 Å². The minimum atomic E-state index is 0.165. The highest BCUT2D eigenvalue weighted by molar-refractivity contribution is 5.80. The van der Waals surface area contributed by atoms with E-state index in [0.29, 0.717) is 38.3 Å². The standard InChI is InChI=1S/C19H22N3O2/c1-14-10-15(13-20)2-3-18(14)16-4-5-21-17(11-16)12-19(23)22-6-8-24-9-7-22/h2-4,10,21H,5-9,11-12H2,1H3. The molecule has 1 fully saturated rings. The number of benzene rings is 1. The third-order valence-corrected chi connectivity index (χ3v) is 4.53. The molecule has 2 aliphatic heterocycles. The average Bonchev–Trinajstić information content (AvgIpc) is 2.62. The molecule has 0 bridgehead atoms. The SMILES string of the molecule is Cc1cc(C#N)ccc1C1=CCN[C](CC(=O)N2CCOCC2)C1. The molecule has 0 spiro atoms. The van der Waals surface area contributed by atoms with Crippen LogP contribution in [-0.2, 0) is 9.53 Å². The maximum atomic E-state index is 12.4. The van der Waals surface area contributed by atoms with Crippen LogP contribution in [0.15, 0.2) is 24.3 Å². The molecule has 1 N–H and O–H groups in total. The van der Waals surface area contributed by atoms with Crippen LogP contribution in [0.2, 0.25) is 0 Å². The van der Waals surface area contributed by atoms with Crippen molar-refractivity contribution in [3.8, 4) is 6.07 Å². The van der Waals surface area contributed by atoms with Crippen LogP contribution in [0.5, 0.6) is 0 Å². The number of amides is 1. The summed E-state index contributed by atoms with van der Waals surface area (Å²) in [6.07, 6.45) is 3.35. The number of nitrogens with zero attached hydrogens (tertiary/aromatic N) is 2. The van der Waals surface area contributed by atoms with Crippen LogP contribution >= 0.6 is 0 Å². The predicted molar refractivity (Wildman–Crippen MR) is 91.7 cm³/mol. The molecule has 0 aliphatic carbocycles. The van der Waals surface area contributed by atoms with Crippen LogP contribution in [0.4, 0.5) is 0 Å².